The highest BCUT2D eigenvalue weighted by atomic mass is 35.5. The second-order valence-electron chi connectivity index (χ2n) is 7.43. The molecule has 0 saturated heterocycles. The van der Waals surface area contributed by atoms with E-state index in [1.54, 1.807) is 19.1 Å². The summed E-state index contributed by atoms with van der Waals surface area (Å²) in [7, 11) is 0. The molecule has 30 heavy (non-hydrogen) atoms. The molecule has 1 aromatic heterocycles. The van der Waals surface area contributed by atoms with Gasteiger partial charge in [-0.05, 0) is 56.0 Å². The zero-order valence-corrected chi connectivity index (χ0v) is 17.6. The van der Waals surface area contributed by atoms with Gasteiger partial charge in [-0.2, -0.15) is 5.10 Å². The lowest BCUT2D eigenvalue weighted by molar-refractivity contribution is -0.143. The van der Waals surface area contributed by atoms with Crippen LogP contribution < -0.4 is 5.32 Å². The van der Waals surface area contributed by atoms with Crippen molar-refractivity contribution < 1.29 is 18.7 Å². The van der Waals surface area contributed by atoms with Crippen LogP contribution in [0.2, 0.25) is 5.15 Å². The predicted octanol–water partition coefficient (Wildman–Crippen LogP) is 4.23. The number of ether oxygens (including phenoxy) is 1. The van der Waals surface area contributed by atoms with E-state index in [4.69, 9.17) is 16.3 Å². The molecule has 2 aromatic rings. The first kappa shape index (κ1) is 22.0. The molecule has 3 rings (SSSR count). The number of hydrogen-bond acceptors (Lipinski definition) is 4. The summed E-state index contributed by atoms with van der Waals surface area (Å²) in [6, 6.07) is 5.74. The van der Waals surface area contributed by atoms with Gasteiger partial charge in [0, 0.05) is 18.2 Å². The first-order valence-corrected chi connectivity index (χ1v) is 10.4. The number of aryl methyl sites for hydroxylation is 1. The van der Waals surface area contributed by atoms with E-state index in [2.05, 4.69) is 10.4 Å². The van der Waals surface area contributed by atoms with Gasteiger partial charge in [-0.25, -0.2) is 13.9 Å². The first-order chi connectivity index (χ1) is 14.4. The Morgan fingerprint density at radius 1 is 1.27 bits per heavy atom. The molecule has 1 amide bonds. The normalized spacial score (nSPS) is 14.8. The topological polar surface area (TPSA) is 73.2 Å². The van der Waals surface area contributed by atoms with Crippen LogP contribution >= 0.6 is 11.6 Å². The zero-order valence-electron chi connectivity index (χ0n) is 16.9. The van der Waals surface area contributed by atoms with E-state index < -0.39 is 5.97 Å². The van der Waals surface area contributed by atoms with Crippen molar-refractivity contribution in [3.05, 3.63) is 52.6 Å². The molecule has 1 aromatic carbocycles. The second-order valence-corrected chi connectivity index (χ2v) is 7.79. The van der Waals surface area contributed by atoms with Crippen molar-refractivity contribution in [2.24, 2.45) is 5.92 Å². The SMILES string of the molecule is Cc1nn(-c2ccc(F)cc2)c(Cl)c1C=CC(=O)OCC(=O)NCC1CCCCC1. The van der Waals surface area contributed by atoms with Crippen molar-refractivity contribution in [1.82, 2.24) is 15.1 Å². The Balaban J connectivity index is 1.52. The van der Waals surface area contributed by atoms with Crippen LogP contribution in [0.5, 0.6) is 0 Å². The van der Waals surface area contributed by atoms with Gasteiger partial charge in [0.1, 0.15) is 11.0 Å². The third-order valence-electron chi connectivity index (χ3n) is 5.16. The van der Waals surface area contributed by atoms with Gasteiger partial charge in [0.05, 0.1) is 11.4 Å². The van der Waals surface area contributed by atoms with Crippen LogP contribution in [-0.4, -0.2) is 34.8 Å². The van der Waals surface area contributed by atoms with E-state index in [9.17, 15) is 14.0 Å². The van der Waals surface area contributed by atoms with Crippen molar-refractivity contribution in [2.75, 3.05) is 13.2 Å². The van der Waals surface area contributed by atoms with Crippen LogP contribution in [0.15, 0.2) is 30.3 Å². The monoisotopic (exact) mass is 433 g/mol. The number of hydrogen-bond donors (Lipinski definition) is 1. The molecule has 6 nitrogen and oxygen atoms in total. The van der Waals surface area contributed by atoms with Crippen molar-refractivity contribution in [2.45, 2.75) is 39.0 Å². The van der Waals surface area contributed by atoms with Gasteiger partial charge in [0.15, 0.2) is 6.61 Å². The van der Waals surface area contributed by atoms with Crippen LogP contribution in [0, 0.1) is 18.7 Å². The first-order valence-electron chi connectivity index (χ1n) is 10.1. The Bertz CT molecular complexity index is 918. The van der Waals surface area contributed by atoms with E-state index >= 15 is 0 Å². The van der Waals surface area contributed by atoms with Crippen molar-refractivity contribution in [1.29, 1.82) is 0 Å². The molecule has 1 aliphatic carbocycles. The molecule has 0 bridgehead atoms. The summed E-state index contributed by atoms with van der Waals surface area (Å²) in [6.07, 6.45) is 8.65. The number of halogens is 2. The molecule has 1 heterocycles. The largest absolute Gasteiger partial charge is 0.452 e. The standard InChI is InChI=1S/C22H25ClFN3O3/c1-15-19(22(23)27(26-15)18-9-7-17(24)8-10-18)11-12-21(29)30-14-20(28)25-13-16-5-3-2-4-6-16/h7-12,16H,2-6,13-14H2,1H3,(H,25,28). The molecule has 1 saturated carbocycles. The quantitative estimate of drug-likeness (QED) is 0.524. The summed E-state index contributed by atoms with van der Waals surface area (Å²) in [5, 5.41) is 7.44. The Morgan fingerprint density at radius 3 is 2.67 bits per heavy atom. The van der Waals surface area contributed by atoms with Crippen LogP contribution in [0.3, 0.4) is 0 Å². The minimum Gasteiger partial charge on any atom is -0.452 e. The number of amides is 1. The molecular formula is C22H25ClFN3O3. The molecule has 0 aliphatic heterocycles. The summed E-state index contributed by atoms with van der Waals surface area (Å²) in [4.78, 5) is 23.8. The van der Waals surface area contributed by atoms with E-state index in [1.165, 1.54) is 48.2 Å². The van der Waals surface area contributed by atoms with Crippen LogP contribution in [-0.2, 0) is 14.3 Å². The number of nitrogens with zero attached hydrogens (tertiary/aromatic N) is 2. The predicted molar refractivity (Wildman–Crippen MR) is 113 cm³/mol. The van der Waals surface area contributed by atoms with Crippen molar-refractivity contribution in [3.63, 3.8) is 0 Å². The van der Waals surface area contributed by atoms with Gasteiger partial charge in [0.25, 0.3) is 5.91 Å². The van der Waals surface area contributed by atoms with Gasteiger partial charge in [0.2, 0.25) is 0 Å². The molecular weight excluding hydrogens is 409 g/mol. The average Bonchev–Trinajstić information content (AvgIpc) is 3.04. The van der Waals surface area contributed by atoms with Crippen LogP contribution in [0.4, 0.5) is 4.39 Å². The van der Waals surface area contributed by atoms with Gasteiger partial charge >= 0.3 is 5.97 Å². The average molecular weight is 434 g/mol. The maximum atomic E-state index is 13.1. The fourth-order valence-corrected chi connectivity index (χ4v) is 3.83. The third kappa shape index (κ3) is 5.92. The number of rotatable bonds is 7. The van der Waals surface area contributed by atoms with Crippen LogP contribution in [0.1, 0.15) is 43.4 Å². The lowest BCUT2D eigenvalue weighted by Crippen LogP contribution is -2.33. The summed E-state index contributed by atoms with van der Waals surface area (Å²) in [5.41, 5.74) is 1.74. The fraction of sp³-hybridized carbons (Fsp3) is 0.409. The maximum Gasteiger partial charge on any atom is 0.331 e. The summed E-state index contributed by atoms with van der Waals surface area (Å²) < 4.78 is 19.6. The number of esters is 1. The Kier molecular flexibility index (Phi) is 7.63. The highest BCUT2D eigenvalue weighted by Crippen LogP contribution is 2.25. The Morgan fingerprint density at radius 2 is 1.97 bits per heavy atom. The molecule has 0 spiro atoms. The number of carbonyl (C=O) groups is 2. The van der Waals surface area contributed by atoms with Crippen molar-refractivity contribution in [3.8, 4) is 5.69 Å². The van der Waals surface area contributed by atoms with Gasteiger partial charge in [-0.1, -0.05) is 30.9 Å². The smallest absolute Gasteiger partial charge is 0.331 e. The lowest BCUT2D eigenvalue weighted by atomic mass is 9.89. The molecule has 1 aliphatic rings. The molecule has 0 atom stereocenters. The zero-order chi connectivity index (χ0) is 21.5. The molecule has 1 fully saturated rings. The van der Waals surface area contributed by atoms with Gasteiger partial charge in [-0.3, -0.25) is 4.79 Å². The van der Waals surface area contributed by atoms with Gasteiger partial charge < -0.3 is 10.1 Å². The molecule has 8 heteroatoms. The Labute approximate surface area is 180 Å². The molecule has 0 unspecified atom stereocenters. The fourth-order valence-electron chi connectivity index (χ4n) is 3.49. The number of aromatic nitrogens is 2. The summed E-state index contributed by atoms with van der Waals surface area (Å²) in [5.74, 6) is -0.793. The minimum absolute atomic E-state index is 0.286. The van der Waals surface area contributed by atoms with E-state index in [0.29, 0.717) is 29.4 Å². The third-order valence-corrected chi connectivity index (χ3v) is 5.53. The van der Waals surface area contributed by atoms with E-state index in [1.807, 2.05) is 0 Å². The molecule has 1 N–H and O–H groups in total. The minimum atomic E-state index is -0.646. The Hall–Kier alpha value is -2.67. The summed E-state index contributed by atoms with van der Waals surface area (Å²) >= 11 is 6.37. The highest BCUT2D eigenvalue weighted by molar-refractivity contribution is 6.31. The van der Waals surface area contributed by atoms with Crippen molar-refractivity contribution >= 4 is 29.6 Å². The molecule has 160 valence electrons. The second kappa shape index (κ2) is 10.4. The summed E-state index contributed by atoms with van der Waals surface area (Å²) in [6.45, 7) is 2.05. The van der Waals surface area contributed by atoms with E-state index in [0.717, 1.165) is 12.8 Å². The molecule has 0 radical (unpaired) electrons. The van der Waals surface area contributed by atoms with Crippen LogP contribution in [0.25, 0.3) is 11.8 Å². The highest BCUT2D eigenvalue weighted by Gasteiger charge is 2.15. The van der Waals surface area contributed by atoms with Gasteiger partial charge in [-0.15, -0.1) is 0 Å². The number of benzene rings is 1. The number of carbonyl (C=O) groups excluding carboxylic acids is 2. The lowest BCUT2D eigenvalue weighted by Gasteiger charge is -2.21. The van der Waals surface area contributed by atoms with E-state index in [-0.39, 0.29) is 23.5 Å². The maximum absolute atomic E-state index is 13.1. The number of nitrogens with one attached hydrogen (secondary N) is 1.